The van der Waals surface area contributed by atoms with Crippen LogP contribution in [-0.2, 0) is 24.2 Å². The molecule has 27 heavy (non-hydrogen) atoms. The van der Waals surface area contributed by atoms with E-state index in [9.17, 15) is 4.79 Å². The predicted octanol–water partition coefficient (Wildman–Crippen LogP) is 3.66. The Bertz CT molecular complexity index is 916. The van der Waals surface area contributed by atoms with E-state index in [-0.39, 0.29) is 11.8 Å². The standard InChI is InChI=1S/C22H23N3O2/c1-15-21(24-27-23-15)14-25(2)22(26)13-20-18-9-5-3-7-16(18)11-12-17-8-4-6-10-19(17)20/h3-10,20H,11-14H2,1-2H3. The Morgan fingerprint density at radius 3 is 2.19 bits per heavy atom. The van der Waals surface area contributed by atoms with Crippen molar-refractivity contribution in [2.45, 2.75) is 38.6 Å². The normalized spacial score (nSPS) is 13.6. The topological polar surface area (TPSA) is 59.2 Å². The molecule has 0 aliphatic heterocycles. The van der Waals surface area contributed by atoms with Crippen LogP contribution in [0.3, 0.4) is 0 Å². The van der Waals surface area contributed by atoms with Gasteiger partial charge in [0.1, 0.15) is 11.4 Å². The molecular weight excluding hydrogens is 338 g/mol. The lowest BCUT2D eigenvalue weighted by Crippen LogP contribution is -2.28. The molecule has 0 saturated heterocycles. The molecule has 0 N–H and O–H groups in total. The van der Waals surface area contributed by atoms with Gasteiger partial charge in [-0.1, -0.05) is 58.8 Å². The Hall–Kier alpha value is -2.95. The SMILES string of the molecule is Cc1nonc1CN(C)C(=O)CC1c2ccccc2CCc2ccccc21. The summed E-state index contributed by atoms with van der Waals surface area (Å²) < 4.78 is 4.75. The first-order chi connectivity index (χ1) is 13.1. The molecule has 4 rings (SSSR count). The molecule has 1 aliphatic carbocycles. The first-order valence-electron chi connectivity index (χ1n) is 9.31. The van der Waals surface area contributed by atoms with Gasteiger partial charge in [-0.05, 0) is 42.0 Å². The molecule has 5 heteroatoms. The van der Waals surface area contributed by atoms with Gasteiger partial charge in [0.15, 0.2) is 0 Å². The minimum atomic E-state index is 0.0754. The van der Waals surface area contributed by atoms with Gasteiger partial charge in [-0.25, -0.2) is 4.63 Å². The van der Waals surface area contributed by atoms with E-state index in [4.69, 9.17) is 4.63 Å². The molecule has 0 saturated carbocycles. The summed E-state index contributed by atoms with van der Waals surface area (Å²) in [5.41, 5.74) is 6.63. The summed E-state index contributed by atoms with van der Waals surface area (Å²) in [4.78, 5) is 14.7. The third-order valence-electron chi connectivity index (χ3n) is 5.46. The van der Waals surface area contributed by atoms with Crippen molar-refractivity contribution in [3.63, 3.8) is 0 Å². The molecule has 0 atom stereocenters. The van der Waals surface area contributed by atoms with E-state index in [1.54, 1.807) is 4.90 Å². The fourth-order valence-corrected chi connectivity index (χ4v) is 3.90. The van der Waals surface area contributed by atoms with Crippen LogP contribution >= 0.6 is 0 Å². The molecule has 0 fully saturated rings. The second kappa shape index (κ2) is 7.35. The molecule has 1 amide bonds. The van der Waals surface area contributed by atoms with Gasteiger partial charge in [-0.3, -0.25) is 4.79 Å². The summed E-state index contributed by atoms with van der Waals surface area (Å²) >= 11 is 0. The van der Waals surface area contributed by atoms with Crippen molar-refractivity contribution in [2.75, 3.05) is 7.05 Å². The number of hydrogen-bond donors (Lipinski definition) is 0. The highest BCUT2D eigenvalue weighted by Gasteiger charge is 2.27. The number of aromatic nitrogens is 2. The van der Waals surface area contributed by atoms with Crippen LogP contribution in [0.4, 0.5) is 0 Å². The molecule has 138 valence electrons. The summed E-state index contributed by atoms with van der Waals surface area (Å²) in [6.45, 7) is 2.24. The Morgan fingerprint density at radius 2 is 1.63 bits per heavy atom. The van der Waals surface area contributed by atoms with E-state index in [0.29, 0.717) is 18.7 Å². The van der Waals surface area contributed by atoms with Gasteiger partial charge in [0.25, 0.3) is 0 Å². The third kappa shape index (κ3) is 3.50. The molecule has 0 spiro atoms. The van der Waals surface area contributed by atoms with Crippen molar-refractivity contribution in [3.05, 3.63) is 82.2 Å². The number of rotatable bonds is 4. The number of nitrogens with zero attached hydrogens (tertiary/aromatic N) is 3. The van der Waals surface area contributed by atoms with Crippen LogP contribution in [0.15, 0.2) is 53.2 Å². The van der Waals surface area contributed by atoms with Crippen LogP contribution in [0.25, 0.3) is 0 Å². The number of carbonyl (C=O) groups excluding carboxylic acids is 1. The predicted molar refractivity (Wildman–Crippen MR) is 102 cm³/mol. The van der Waals surface area contributed by atoms with Crippen LogP contribution in [0, 0.1) is 6.92 Å². The summed E-state index contributed by atoms with van der Waals surface area (Å²) in [6.07, 6.45) is 2.46. The molecule has 2 aromatic carbocycles. The largest absolute Gasteiger partial charge is 0.340 e. The van der Waals surface area contributed by atoms with Gasteiger partial charge < -0.3 is 4.90 Å². The molecule has 1 aromatic heterocycles. The van der Waals surface area contributed by atoms with Crippen LogP contribution in [0.1, 0.15) is 46.0 Å². The second-order valence-electron chi connectivity index (χ2n) is 7.20. The number of carbonyl (C=O) groups is 1. The molecule has 0 unspecified atom stereocenters. The zero-order valence-electron chi connectivity index (χ0n) is 15.7. The fourth-order valence-electron chi connectivity index (χ4n) is 3.90. The van der Waals surface area contributed by atoms with Crippen molar-refractivity contribution in [1.29, 1.82) is 0 Å². The van der Waals surface area contributed by atoms with Crippen molar-refractivity contribution >= 4 is 5.91 Å². The summed E-state index contributed by atoms with van der Waals surface area (Å²) in [5, 5.41) is 7.68. The Balaban J connectivity index is 1.62. The van der Waals surface area contributed by atoms with Gasteiger partial charge in [0.05, 0.1) is 6.54 Å². The first-order valence-corrected chi connectivity index (χ1v) is 9.31. The highest BCUT2D eigenvalue weighted by atomic mass is 16.6. The average molecular weight is 361 g/mol. The minimum Gasteiger partial charge on any atom is -0.340 e. The number of benzene rings is 2. The molecule has 3 aromatic rings. The molecular formula is C22H23N3O2. The Kier molecular flexibility index (Phi) is 4.75. The van der Waals surface area contributed by atoms with Crippen molar-refractivity contribution in [3.8, 4) is 0 Å². The van der Waals surface area contributed by atoms with E-state index >= 15 is 0 Å². The fraction of sp³-hybridized carbons (Fsp3) is 0.318. The van der Waals surface area contributed by atoms with Crippen LogP contribution in [-0.4, -0.2) is 28.2 Å². The van der Waals surface area contributed by atoms with Gasteiger partial charge in [-0.2, -0.15) is 0 Å². The van der Waals surface area contributed by atoms with Crippen molar-refractivity contribution in [1.82, 2.24) is 15.2 Å². The molecule has 1 aliphatic rings. The second-order valence-corrected chi connectivity index (χ2v) is 7.20. The summed E-state index contributed by atoms with van der Waals surface area (Å²) in [6, 6.07) is 17.0. The van der Waals surface area contributed by atoms with E-state index in [1.807, 2.05) is 14.0 Å². The zero-order valence-corrected chi connectivity index (χ0v) is 15.7. The lowest BCUT2D eigenvalue weighted by Gasteiger charge is -2.23. The van der Waals surface area contributed by atoms with Gasteiger partial charge in [-0.15, -0.1) is 0 Å². The molecule has 0 bridgehead atoms. The highest BCUT2D eigenvalue weighted by molar-refractivity contribution is 5.78. The quantitative estimate of drug-likeness (QED) is 0.712. The van der Waals surface area contributed by atoms with Gasteiger partial charge in [0, 0.05) is 19.4 Å². The molecule has 0 radical (unpaired) electrons. The Labute approximate surface area is 159 Å². The first kappa shape index (κ1) is 17.5. The van der Waals surface area contributed by atoms with Crippen molar-refractivity contribution < 1.29 is 9.42 Å². The average Bonchev–Trinajstić information content (AvgIpc) is 3.02. The van der Waals surface area contributed by atoms with Crippen LogP contribution < -0.4 is 0 Å². The number of fused-ring (bicyclic) bond motifs is 2. The molecule has 1 heterocycles. The summed E-state index contributed by atoms with van der Waals surface area (Å²) in [7, 11) is 1.81. The lowest BCUT2D eigenvalue weighted by atomic mass is 9.85. The number of amides is 1. The van der Waals surface area contributed by atoms with Gasteiger partial charge in [0.2, 0.25) is 5.91 Å². The minimum absolute atomic E-state index is 0.0754. The van der Waals surface area contributed by atoms with Gasteiger partial charge >= 0.3 is 0 Å². The van der Waals surface area contributed by atoms with E-state index in [2.05, 4.69) is 58.8 Å². The Morgan fingerprint density at radius 1 is 1.04 bits per heavy atom. The maximum atomic E-state index is 13.0. The van der Waals surface area contributed by atoms with E-state index in [0.717, 1.165) is 18.5 Å². The number of hydrogen-bond acceptors (Lipinski definition) is 4. The maximum absolute atomic E-state index is 13.0. The van der Waals surface area contributed by atoms with E-state index in [1.165, 1.54) is 22.3 Å². The van der Waals surface area contributed by atoms with Crippen molar-refractivity contribution in [2.24, 2.45) is 0 Å². The van der Waals surface area contributed by atoms with Crippen LogP contribution in [0.2, 0.25) is 0 Å². The van der Waals surface area contributed by atoms with E-state index < -0.39 is 0 Å². The summed E-state index contributed by atoms with van der Waals surface area (Å²) in [5.74, 6) is 0.167. The third-order valence-corrected chi connectivity index (χ3v) is 5.46. The van der Waals surface area contributed by atoms with Crippen LogP contribution in [0.5, 0.6) is 0 Å². The lowest BCUT2D eigenvalue weighted by molar-refractivity contribution is -0.130. The number of aryl methyl sites for hydroxylation is 3. The maximum Gasteiger partial charge on any atom is 0.223 e. The highest BCUT2D eigenvalue weighted by Crippen LogP contribution is 2.36. The zero-order chi connectivity index (χ0) is 18.8. The smallest absolute Gasteiger partial charge is 0.223 e. The molecule has 5 nitrogen and oxygen atoms in total. The monoisotopic (exact) mass is 361 g/mol.